The molecule has 1 saturated carbocycles. The summed E-state index contributed by atoms with van der Waals surface area (Å²) in [5.74, 6) is 0.726. The number of nitrogens with one attached hydrogen (secondary N) is 1. The maximum Gasteiger partial charge on any atom is 0.251 e. The summed E-state index contributed by atoms with van der Waals surface area (Å²) in [6, 6.07) is 8.01. The normalized spacial score (nSPS) is 18.0. The SMILES string of the molecule is CC(NC(=O)c1ccc(I)cc1)C1CCCC1. The van der Waals surface area contributed by atoms with Crippen LogP contribution >= 0.6 is 22.6 Å². The third-order valence-electron chi connectivity index (χ3n) is 3.57. The highest BCUT2D eigenvalue weighted by molar-refractivity contribution is 14.1. The van der Waals surface area contributed by atoms with Crippen molar-refractivity contribution in [1.29, 1.82) is 0 Å². The Hall–Kier alpha value is -0.580. The first-order chi connectivity index (χ1) is 8.16. The fourth-order valence-corrected chi connectivity index (χ4v) is 2.83. The van der Waals surface area contributed by atoms with Gasteiger partial charge in [0.15, 0.2) is 0 Å². The average Bonchev–Trinajstić information content (AvgIpc) is 2.83. The Balaban J connectivity index is 1.94. The van der Waals surface area contributed by atoms with Gasteiger partial charge >= 0.3 is 0 Å². The first kappa shape index (κ1) is 12.9. The Morgan fingerprint density at radius 1 is 1.29 bits per heavy atom. The quantitative estimate of drug-likeness (QED) is 0.835. The van der Waals surface area contributed by atoms with Crippen molar-refractivity contribution in [2.45, 2.75) is 38.6 Å². The minimum Gasteiger partial charge on any atom is -0.349 e. The first-order valence-electron chi connectivity index (χ1n) is 6.23. The molecule has 0 saturated heterocycles. The fourth-order valence-electron chi connectivity index (χ4n) is 2.47. The van der Waals surface area contributed by atoms with Gasteiger partial charge in [0.2, 0.25) is 0 Å². The number of benzene rings is 1. The van der Waals surface area contributed by atoms with Gasteiger partial charge in [-0.25, -0.2) is 0 Å². The molecular formula is C14H18INO. The molecule has 1 amide bonds. The third kappa shape index (κ3) is 3.44. The van der Waals surface area contributed by atoms with E-state index in [1.165, 1.54) is 25.7 Å². The monoisotopic (exact) mass is 343 g/mol. The van der Waals surface area contributed by atoms with Gasteiger partial charge in [-0.3, -0.25) is 4.79 Å². The molecule has 1 fully saturated rings. The van der Waals surface area contributed by atoms with Crippen molar-refractivity contribution in [2.24, 2.45) is 5.92 Å². The zero-order chi connectivity index (χ0) is 12.3. The Kier molecular flexibility index (Phi) is 4.42. The summed E-state index contributed by atoms with van der Waals surface area (Å²) in [4.78, 5) is 12.0. The Morgan fingerprint density at radius 2 is 1.88 bits per heavy atom. The van der Waals surface area contributed by atoms with Crippen molar-refractivity contribution in [2.75, 3.05) is 0 Å². The highest BCUT2D eigenvalue weighted by atomic mass is 127. The van der Waals surface area contributed by atoms with Crippen LogP contribution in [-0.2, 0) is 0 Å². The largest absolute Gasteiger partial charge is 0.349 e. The average molecular weight is 343 g/mol. The molecule has 0 heterocycles. The summed E-state index contributed by atoms with van der Waals surface area (Å²) in [5, 5.41) is 3.12. The summed E-state index contributed by atoms with van der Waals surface area (Å²) in [7, 11) is 0. The molecule has 2 rings (SSSR count). The van der Waals surface area contributed by atoms with E-state index in [-0.39, 0.29) is 5.91 Å². The maximum atomic E-state index is 12.0. The molecule has 0 aliphatic heterocycles. The molecule has 0 radical (unpaired) electrons. The van der Waals surface area contributed by atoms with E-state index in [1.807, 2.05) is 24.3 Å². The summed E-state index contributed by atoms with van der Waals surface area (Å²) >= 11 is 2.24. The van der Waals surface area contributed by atoms with Gasteiger partial charge in [0.25, 0.3) is 5.91 Å². The minimum absolute atomic E-state index is 0.0563. The van der Waals surface area contributed by atoms with E-state index in [2.05, 4.69) is 34.8 Å². The minimum atomic E-state index is 0.0563. The van der Waals surface area contributed by atoms with E-state index >= 15 is 0 Å². The van der Waals surface area contributed by atoms with Gasteiger partial charge in [-0.2, -0.15) is 0 Å². The van der Waals surface area contributed by atoms with Crippen LogP contribution in [0.25, 0.3) is 0 Å². The second-order valence-electron chi connectivity index (χ2n) is 4.81. The van der Waals surface area contributed by atoms with Crippen molar-refractivity contribution < 1.29 is 4.79 Å². The smallest absolute Gasteiger partial charge is 0.251 e. The molecule has 2 nitrogen and oxygen atoms in total. The molecule has 0 spiro atoms. The summed E-state index contributed by atoms with van der Waals surface area (Å²) in [6.07, 6.45) is 5.14. The fraction of sp³-hybridized carbons (Fsp3) is 0.500. The van der Waals surface area contributed by atoms with Crippen LogP contribution in [0.5, 0.6) is 0 Å². The summed E-state index contributed by atoms with van der Waals surface area (Å²) < 4.78 is 1.16. The van der Waals surface area contributed by atoms with E-state index in [4.69, 9.17) is 0 Å². The van der Waals surface area contributed by atoms with Crippen LogP contribution in [0.15, 0.2) is 24.3 Å². The molecule has 0 bridgehead atoms. The van der Waals surface area contributed by atoms with Crippen LogP contribution in [-0.4, -0.2) is 11.9 Å². The van der Waals surface area contributed by atoms with Gasteiger partial charge in [-0.15, -0.1) is 0 Å². The van der Waals surface area contributed by atoms with Crippen LogP contribution < -0.4 is 5.32 Å². The predicted octanol–water partition coefficient (Wildman–Crippen LogP) is 3.60. The van der Waals surface area contributed by atoms with Crippen LogP contribution in [0.3, 0.4) is 0 Å². The van der Waals surface area contributed by atoms with Gasteiger partial charge in [0.1, 0.15) is 0 Å². The number of hydrogen-bond acceptors (Lipinski definition) is 1. The molecule has 1 N–H and O–H groups in total. The molecule has 92 valence electrons. The Morgan fingerprint density at radius 3 is 2.47 bits per heavy atom. The second kappa shape index (κ2) is 5.85. The van der Waals surface area contributed by atoms with Gasteiger partial charge < -0.3 is 5.32 Å². The van der Waals surface area contributed by atoms with E-state index < -0.39 is 0 Å². The van der Waals surface area contributed by atoms with E-state index in [9.17, 15) is 4.79 Å². The van der Waals surface area contributed by atoms with Crippen LogP contribution in [0.2, 0.25) is 0 Å². The van der Waals surface area contributed by atoms with Crippen molar-refractivity contribution in [1.82, 2.24) is 5.32 Å². The number of halogens is 1. The topological polar surface area (TPSA) is 29.1 Å². The summed E-state index contributed by atoms with van der Waals surface area (Å²) in [6.45, 7) is 2.13. The lowest BCUT2D eigenvalue weighted by Gasteiger charge is -2.20. The van der Waals surface area contributed by atoms with Gasteiger partial charge in [-0.1, -0.05) is 12.8 Å². The molecule has 1 aliphatic rings. The number of carbonyl (C=O) groups excluding carboxylic acids is 1. The molecule has 1 atom stereocenters. The molecule has 0 aromatic heterocycles. The second-order valence-corrected chi connectivity index (χ2v) is 6.06. The van der Waals surface area contributed by atoms with Crippen molar-refractivity contribution in [3.8, 4) is 0 Å². The zero-order valence-corrected chi connectivity index (χ0v) is 12.2. The maximum absolute atomic E-state index is 12.0. The molecule has 1 aliphatic carbocycles. The van der Waals surface area contributed by atoms with Crippen LogP contribution in [0.1, 0.15) is 43.0 Å². The number of rotatable bonds is 3. The number of hydrogen-bond donors (Lipinski definition) is 1. The van der Waals surface area contributed by atoms with E-state index in [0.29, 0.717) is 12.0 Å². The molecule has 17 heavy (non-hydrogen) atoms. The predicted molar refractivity (Wildman–Crippen MR) is 78.0 cm³/mol. The van der Waals surface area contributed by atoms with Crippen LogP contribution in [0, 0.1) is 9.49 Å². The van der Waals surface area contributed by atoms with Crippen molar-refractivity contribution in [3.63, 3.8) is 0 Å². The van der Waals surface area contributed by atoms with Gasteiger partial charge in [0, 0.05) is 15.2 Å². The third-order valence-corrected chi connectivity index (χ3v) is 4.29. The Bertz CT molecular complexity index is 382. The number of carbonyl (C=O) groups is 1. The first-order valence-corrected chi connectivity index (χ1v) is 7.31. The molecular weight excluding hydrogens is 325 g/mol. The lowest BCUT2D eigenvalue weighted by atomic mass is 9.99. The molecule has 1 aromatic rings. The molecule has 1 unspecified atom stereocenters. The highest BCUT2D eigenvalue weighted by Crippen LogP contribution is 2.27. The van der Waals surface area contributed by atoms with Crippen molar-refractivity contribution in [3.05, 3.63) is 33.4 Å². The van der Waals surface area contributed by atoms with E-state index in [0.717, 1.165) is 9.13 Å². The lowest BCUT2D eigenvalue weighted by molar-refractivity contribution is 0.0927. The van der Waals surface area contributed by atoms with Gasteiger partial charge in [-0.05, 0) is 72.5 Å². The highest BCUT2D eigenvalue weighted by Gasteiger charge is 2.22. The summed E-state index contributed by atoms with van der Waals surface area (Å²) in [5.41, 5.74) is 0.760. The number of amides is 1. The standard InChI is InChI=1S/C14H18INO/c1-10(11-4-2-3-5-11)16-14(17)12-6-8-13(15)9-7-12/h6-11H,2-5H2,1H3,(H,16,17). The van der Waals surface area contributed by atoms with Gasteiger partial charge in [0.05, 0.1) is 0 Å². The lowest BCUT2D eigenvalue weighted by Crippen LogP contribution is -2.37. The van der Waals surface area contributed by atoms with Crippen molar-refractivity contribution >= 4 is 28.5 Å². The van der Waals surface area contributed by atoms with Crippen LogP contribution in [0.4, 0.5) is 0 Å². The molecule has 1 aromatic carbocycles. The van der Waals surface area contributed by atoms with E-state index in [1.54, 1.807) is 0 Å². The molecule has 3 heteroatoms. The Labute approximate surface area is 116 Å². The zero-order valence-electron chi connectivity index (χ0n) is 10.1.